The van der Waals surface area contributed by atoms with E-state index in [1.54, 1.807) is 54.9 Å². The fourth-order valence-electron chi connectivity index (χ4n) is 2.28. The van der Waals surface area contributed by atoms with E-state index < -0.39 is 11.9 Å². The largest absolute Gasteiger partial charge is 0.480 e. The number of nitrogen functional groups attached to an aromatic ring is 1. The smallest absolute Gasteiger partial charge is 0.322 e. The maximum atomic E-state index is 12.4. The van der Waals surface area contributed by atoms with Crippen LogP contribution in [0.15, 0.2) is 54.9 Å². The third-order valence-corrected chi connectivity index (χ3v) is 3.47. The van der Waals surface area contributed by atoms with Gasteiger partial charge < -0.3 is 21.5 Å². The molecular weight excluding hydrogens is 348 g/mol. The molecule has 5 N–H and O–H groups in total. The molecule has 0 saturated carbocycles. The number of aromatic nitrogens is 3. The molecule has 27 heavy (non-hydrogen) atoms. The van der Waals surface area contributed by atoms with Gasteiger partial charge in [-0.2, -0.15) is 4.98 Å². The lowest BCUT2D eigenvalue weighted by Crippen LogP contribution is -2.17. The molecule has 3 aromatic rings. The molecule has 3 rings (SSSR count). The first-order valence-electron chi connectivity index (χ1n) is 7.93. The molecule has 9 nitrogen and oxygen atoms in total. The molecule has 9 heteroatoms. The lowest BCUT2D eigenvalue weighted by Gasteiger charge is -2.10. The van der Waals surface area contributed by atoms with Crippen molar-refractivity contribution in [3.05, 3.63) is 60.4 Å². The number of carbonyl (C=O) groups excluding carboxylic acids is 1. The molecule has 0 aliphatic rings. The zero-order valence-electron chi connectivity index (χ0n) is 14.1. The third-order valence-electron chi connectivity index (χ3n) is 3.47. The van der Waals surface area contributed by atoms with Crippen LogP contribution in [0.2, 0.25) is 0 Å². The van der Waals surface area contributed by atoms with E-state index in [4.69, 9.17) is 10.8 Å². The molecular formula is C18H16N6O3. The average molecular weight is 364 g/mol. The first-order valence-corrected chi connectivity index (χ1v) is 7.93. The van der Waals surface area contributed by atoms with Crippen LogP contribution >= 0.6 is 0 Å². The number of carboxylic acids is 1. The summed E-state index contributed by atoms with van der Waals surface area (Å²) < 4.78 is 0. The topological polar surface area (TPSA) is 143 Å². The lowest BCUT2D eigenvalue weighted by molar-refractivity contribution is -0.134. The van der Waals surface area contributed by atoms with E-state index in [2.05, 4.69) is 25.6 Å². The number of carboxylic acid groups (broad SMARTS) is 1. The Hall–Kier alpha value is -4.01. The summed E-state index contributed by atoms with van der Waals surface area (Å²) in [7, 11) is 0. The molecule has 0 aliphatic carbocycles. The Labute approximate surface area is 154 Å². The van der Waals surface area contributed by atoms with Crippen molar-refractivity contribution in [1.29, 1.82) is 0 Å². The Balaban J connectivity index is 1.92. The Kier molecular flexibility index (Phi) is 5.22. The van der Waals surface area contributed by atoms with Gasteiger partial charge in [-0.15, -0.1) is 0 Å². The standard InChI is InChI=1S/C18H16N6O3/c19-13-5-1-3-11(7-13)17(27)23-15-8-14(12-4-2-6-20-9-12)22-18(24-15)21-10-16(25)26/h1-9H,10,19H2,(H,25,26)(H2,21,22,23,24,27). The zero-order chi connectivity index (χ0) is 19.2. The van der Waals surface area contributed by atoms with Gasteiger partial charge in [0.15, 0.2) is 0 Å². The highest BCUT2D eigenvalue weighted by Crippen LogP contribution is 2.21. The first kappa shape index (κ1) is 17.8. The molecule has 0 fully saturated rings. The van der Waals surface area contributed by atoms with Crippen LogP contribution in [0.1, 0.15) is 10.4 Å². The van der Waals surface area contributed by atoms with Gasteiger partial charge >= 0.3 is 5.97 Å². The average Bonchev–Trinajstić information content (AvgIpc) is 2.67. The van der Waals surface area contributed by atoms with Crippen molar-refractivity contribution in [2.45, 2.75) is 0 Å². The van der Waals surface area contributed by atoms with Gasteiger partial charge in [0, 0.05) is 35.3 Å². The fraction of sp³-hybridized carbons (Fsp3) is 0.0556. The van der Waals surface area contributed by atoms with Crippen molar-refractivity contribution < 1.29 is 14.7 Å². The minimum atomic E-state index is -1.06. The number of pyridine rings is 1. The zero-order valence-corrected chi connectivity index (χ0v) is 14.1. The van der Waals surface area contributed by atoms with Crippen LogP contribution in [0, 0.1) is 0 Å². The van der Waals surface area contributed by atoms with Gasteiger partial charge in [0.25, 0.3) is 5.91 Å². The van der Waals surface area contributed by atoms with Crippen molar-refractivity contribution in [1.82, 2.24) is 15.0 Å². The minimum Gasteiger partial charge on any atom is -0.480 e. The Morgan fingerprint density at radius 3 is 2.67 bits per heavy atom. The maximum absolute atomic E-state index is 12.4. The number of aliphatic carboxylic acids is 1. The Morgan fingerprint density at radius 1 is 1.11 bits per heavy atom. The van der Waals surface area contributed by atoms with E-state index in [0.717, 1.165) is 0 Å². The lowest BCUT2D eigenvalue weighted by atomic mass is 10.2. The maximum Gasteiger partial charge on any atom is 0.322 e. The summed E-state index contributed by atoms with van der Waals surface area (Å²) in [4.78, 5) is 35.7. The van der Waals surface area contributed by atoms with Crippen molar-refractivity contribution in [3.63, 3.8) is 0 Å². The van der Waals surface area contributed by atoms with Gasteiger partial charge in [0.05, 0.1) is 5.69 Å². The van der Waals surface area contributed by atoms with E-state index in [9.17, 15) is 9.59 Å². The number of nitrogens with one attached hydrogen (secondary N) is 2. The predicted molar refractivity (Wildman–Crippen MR) is 100 cm³/mol. The number of benzene rings is 1. The third kappa shape index (κ3) is 4.75. The first-order chi connectivity index (χ1) is 13.0. The van der Waals surface area contributed by atoms with Crippen LogP contribution in [-0.4, -0.2) is 38.5 Å². The van der Waals surface area contributed by atoms with E-state index in [1.165, 1.54) is 0 Å². The number of hydrogen-bond donors (Lipinski definition) is 4. The summed E-state index contributed by atoms with van der Waals surface area (Å²) in [6.07, 6.45) is 3.23. The number of nitrogens with two attached hydrogens (primary N) is 1. The molecule has 0 saturated heterocycles. The molecule has 0 spiro atoms. The molecule has 0 radical (unpaired) electrons. The number of carbonyl (C=O) groups is 2. The summed E-state index contributed by atoms with van der Waals surface area (Å²) in [5.74, 6) is -1.18. The summed E-state index contributed by atoms with van der Waals surface area (Å²) in [5, 5.41) is 14.1. The normalized spacial score (nSPS) is 10.2. The van der Waals surface area contributed by atoms with Gasteiger partial charge in [-0.1, -0.05) is 6.07 Å². The predicted octanol–water partition coefficient (Wildman–Crippen LogP) is 1.87. The van der Waals surface area contributed by atoms with Crippen molar-refractivity contribution in [2.24, 2.45) is 0 Å². The number of hydrogen-bond acceptors (Lipinski definition) is 7. The molecule has 0 aliphatic heterocycles. The SMILES string of the molecule is Nc1cccc(C(=O)Nc2cc(-c3cccnc3)nc(NCC(=O)O)n2)c1. The van der Waals surface area contributed by atoms with Crippen LogP contribution in [0.4, 0.5) is 17.5 Å². The van der Waals surface area contributed by atoms with Crippen LogP contribution in [0.25, 0.3) is 11.3 Å². The highest BCUT2D eigenvalue weighted by molar-refractivity contribution is 6.04. The fourth-order valence-corrected chi connectivity index (χ4v) is 2.28. The van der Waals surface area contributed by atoms with Crippen molar-refractivity contribution in [3.8, 4) is 11.3 Å². The van der Waals surface area contributed by atoms with Gasteiger partial charge in [-0.05, 0) is 30.3 Å². The molecule has 2 aromatic heterocycles. The second-order valence-electron chi connectivity index (χ2n) is 5.53. The minimum absolute atomic E-state index is 0.0710. The molecule has 1 aromatic carbocycles. The number of amides is 1. The summed E-state index contributed by atoms with van der Waals surface area (Å²) in [6, 6.07) is 11.6. The monoisotopic (exact) mass is 364 g/mol. The van der Waals surface area contributed by atoms with Crippen molar-refractivity contribution in [2.75, 3.05) is 22.9 Å². The van der Waals surface area contributed by atoms with Gasteiger partial charge in [-0.25, -0.2) is 4.98 Å². The molecule has 0 bridgehead atoms. The molecule has 0 atom stereocenters. The number of nitrogens with zero attached hydrogens (tertiary/aromatic N) is 3. The van der Waals surface area contributed by atoms with Gasteiger partial charge in [0.2, 0.25) is 5.95 Å². The highest BCUT2D eigenvalue weighted by atomic mass is 16.4. The van der Waals surface area contributed by atoms with Gasteiger partial charge in [-0.3, -0.25) is 14.6 Å². The van der Waals surface area contributed by atoms with Crippen LogP contribution in [-0.2, 0) is 4.79 Å². The van der Waals surface area contributed by atoms with Crippen LogP contribution < -0.4 is 16.4 Å². The summed E-state index contributed by atoms with van der Waals surface area (Å²) in [5.41, 5.74) is 7.71. The molecule has 2 heterocycles. The molecule has 1 amide bonds. The van der Waals surface area contributed by atoms with E-state index in [-0.39, 0.29) is 18.3 Å². The van der Waals surface area contributed by atoms with Crippen LogP contribution in [0.3, 0.4) is 0 Å². The van der Waals surface area contributed by atoms with E-state index in [0.29, 0.717) is 22.5 Å². The van der Waals surface area contributed by atoms with Crippen molar-refractivity contribution >= 4 is 29.3 Å². The number of rotatable bonds is 6. The highest BCUT2D eigenvalue weighted by Gasteiger charge is 2.12. The van der Waals surface area contributed by atoms with Gasteiger partial charge in [0.1, 0.15) is 12.4 Å². The summed E-state index contributed by atoms with van der Waals surface area (Å²) in [6.45, 7) is -0.362. The summed E-state index contributed by atoms with van der Waals surface area (Å²) >= 11 is 0. The Bertz CT molecular complexity index is 978. The molecule has 136 valence electrons. The van der Waals surface area contributed by atoms with E-state index >= 15 is 0 Å². The molecule has 0 unspecified atom stereocenters. The Morgan fingerprint density at radius 2 is 1.96 bits per heavy atom. The quantitative estimate of drug-likeness (QED) is 0.485. The van der Waals surface area contributed by atoms with Crippen LogP contribution in [0.5, 0.6) is 0 Å². The van der Waals surface area contributed by atoms with E-state index in [1.807, 2.05) is 0 Å². The number of anilines is 3. The second kappa shape index (κ2) is 7.91. The second-order valence-corrected chi connectivity index (χ2v) is 5.53.